The van der Waals surface area contributed by atoms with Crippen LogP contribution in [0.1, 0.15) is 35.1 Å². The van der Waals surface area contributed by atoms with E-state index in [0.29, 0.717) is 18.7 Å². The molecule has 0 unspecified atom stereocenters. The molecule has 188 valence electrons. The van der Waals surface area contributed by atoms with Crippen molar-refractivity contribution in [3.8, 4) is 0 Å². The van der Waals surface area contributed by atoms with Crippen LogP contribution in [0.5, 0.6) is 0 Å². The van der Waals surface area contributed by atoms with Gasteiger partial charge in [-0.1, -0.05) is 42.0 Å². The minimum atomic E-state index is -3.98. The van der Waals surface area contributed by atoms with E-state index in [1.165, 1.54) is 4.31 Å². The lowest BCUT2D eigenvalue weighted by Gasteiger charge is -2.26. The van der Waals surface area contributed by atoms with Crippen LogP contribution in [0.3, 0.4) is 0 Å². The first kappa shape index (κ1) is 25.4. The number of carbonyl (C=O) groups excluding carboxylic acids is 2. The number of anilines is 2. The van der Waals surface area contributed by atoms with Crippen LogP contribution in [0, 0.1) is 20.8 Å². The summed E-state index contributed by atoms with van der Waals surface area (Å²) in [6, 6.07) is 19.6. The third-order valence-corrected chi connectivity index (χ3v) is 8.09. The number of hydrogen-bond acceptors (Lipinski definition) is 4. The average Bonchev–Trinajstić information content (AvgIpc) is 3.29. The van der Waals surface area contributed by atoms with E-state index < -0.39 is 15.9 Å². The summed E-state index contributed by atoms with van der Waals surface area (Å²) in [7, 11) is -3.98. The first-order valence-electron chi connectivity index (χ1n) is 12.0. The van der Waals surface area contributed by atoms with Gasteiger partial charge in [0.2, 0.25) is 11.8 Å². The monoisotopic (exact) mass is 505 g/mol. The SMILES string of the molecule is Cc1ccc(S(=O)(=O)N(CC(=O)NCc2cccc(N3CCCC3=O)c2)c2cc(C)ccc2C)cc1. The van der Waals surface area contributed by atoms with Gasteiger partial charge in [0, 0.05) is 25.2 Å². The number of rotatable bonds is 8. The highest BCUT2D eigenvalue weighted by molar-refractivity contribution is 7.92. The van der Waals surface area contributed by atoms with E-state index in [-0.39, 0.29) is 23.9 Å². The lowest BCUT2D eigenvalue weighted by Crippen LogP contribution is -2.41. The van der Waals surface area contributed by atoms with Gasteiger partial charge in [0.25, 0.3) is 10.0 Å². The molecule has 1 N–H and O–H groups in total. The number of nitrogens with one attached hydrogen (secondary N) is 1. The van der Waals surface area contributed by atoms with Gasteiger partial charge in [-0.05, 0) is 74.2 Å². The van der Waals surface area contributed by atoms with E-state index in [1.54, 1.807) is 35.2 Å². The molecule has 0 atom stereocenters. The van der Waals surface area contributed by atoms with Gasteiger partial charge in [0.1, 0.15) is 6.54 Å². The topological polar surface area (TPSA) is 86.8 Å². The van der Waals surface area contributed by atoms with Crippen LogP contribution >= 0.6 is 0 Å². The molecular formula is C28H31N3O4S. The number of benzene rings is 3. The van der Waals surface area contributed by atoms with Crippen molar-refractivity contribution in [2.24, 2.45) is 0 Å². The Hall–Kier alpha value is -3.65. The maximum atomic E-state index is 13.6. The van der Waals surface area contributed by atoms with Crippen LogP contribution < -0.4 is 14.5 Å². The summed E-state index contributed by atoms with van der Waals surface area (Å²) in [5, 5.41) is 2.85. The van der Waals surface area contributed by atoms with Gasteiger partial charge < -0.3 is 10.2 Å². The number of hydrogen-bond donors (Lipinski definition) is 1. The van der Waals surface area contributed by atoms with Crippen molar-refractivity contribution in [3.63, 3.8) is 0 Å². The summed E-state index contributed by atoms with van der Waals surface area (Å²) in [5.74, 6) is -0.323. The Bertz CT molecular complexity index is 1380. The molecule has 0 aliphatic carbocycles. The summed E-state index contributed by atoms with van der Waals surface area (Å²) in [5.41, 5.74) is 4.71. The summed E-state index contributed by atoms with van der Waals surface area (Å²) in [6.45, 7) is 6.16. The highest BCUT2D eigenvalue weighted by atomic mass is 32.2. The first-order valence-corrected chi connectivity index (χ1v) is 13.4. The second-order valence-electron chi connectivity index (χ2n) is 9.21. The van der Waals surface area contributed by atoms with Gasteiger partial charge in [-0.3, -0.25) is 13.9 Å². The van der Waals surface area contributed by atoms with E-state index in [1.807, 2.05) is 57.2 Å². The molecule has 36 heavy (non-hydrogen) atoms. The number of carbonyl (C=O) groups is 2. The van der Waals surface area contributed by atoms with E-state index in [9.17, 15) is 18.0 Å². The molecule has 1 aliphatic heterocycles. The lowest BCUT2D eigenvalue weighted by atomic mass is 10.1. The molecule has 1 saturated heterocycles. The Morgan fingerprint density at radius 2 is 1.69 bits per heavy atom. The summed E-state index contributed by atoms with van der Waals surface area (Å²) in [6.07, 6.45) is 1.38. The molecule has 0 aromatic heterocycles. The molecule has 4 rings (SSSR count). The zero-order valence-corrected chi connectivity index (χ0v) is 21.6. The standard InChI is InChI=1S/C28H31N3O4S/c1-20-10-13-25(14-11-20)36(34,35)31(26-16-21(2)9-12-22(26)3)19-27(32)29-18-23-6-4-7-24(17-23)30-15-5-8-28(30)33/h4,6-7,9-14,16-17H,5,8,15,18-19H2,1-3H3,(H,29,32). The van der Waals surface area contributed by atoms with Gasteiger partial charge in [-0.2, -0.15) is 0 Å². The Morgan fingerprint density at radius 3 is 2.39 bits per heavy atom. The van der Waals surface area contributed by atoms with Gasteiger partial charge in [0.05, 0.1) is 10.6 Å². The number of nitrogens with zero attached hydrogens (tertiary/aromatic N) is 2. The van der Waals surface area contributed by atoms with Crippen LogP contribution in [0.15, 0.2) is 71.6 Å². The molecule has 1 heterocycles. The van der Waals surface area contributed by atoms with Crippen molar-refractivity contribution in [1.29, 1.82) is 0 Å². The summed E-state index contributed by atoms with van der Waals surface area (Å²) in [4.78, 5) is 27.0. The molecule has 2 amide bonds. The smallest absolute Gasteiger partial charge is 0.264 e. The molecule has 3 aromatic carbocycles. The fourth-order valence-electron chi connectivity index (χ4n) is 4.27. The summed E-state index contributed by atoms with van der Waals surface area (Å²) >= 11 is 0. The van der Waals surface area contributed by atoms with Crippen molar-refractivity contribution >= 4 is 33.2 Å². The number of sulfonamides is 1. The van der Waals surface area contributed by atoms with Crippen molar-refractivity contribution in [1.82, 2.24) is 5.32 Å². The molecule has 0 saturated carbocycles. The minimum Gasteiger partial charge on any atom is -0.350 e. The maximum absolute atomic E-state index is 13.6. The van der Waals surface area contributed by atoms with Crippen LogP contribution in [-0.2, 0) is 26.2 Å². The Kier molecular flexibility index (Phi) is 7.45. The highest BCUT2D eigenvalue weighted by Crippen LogP contribution is 2.28. The van der Waals surface area contributed by atoms with Gasteiger partial charge >= 0.3 is 0 Å². The first-order chi connectivity index (χ1) is 17.1. The third kappa shape index (κ3) is 5.60. The van der Waals surface area contributed by atoms with Crippen LogP contribution in [0.25, 0.3) is 0 Å². The van der Waals surface area contributed by atoms with Crippen molar-refractivity contribution < 1.29 is 18.0 Å². The Labute approximate surface area is 212 Å². The largest absolute Gasteiger partial charge is 0.350 e. The Morgan fingerprint density at radius 1 is 0.972 bits per heavy atom. The number of aryl methyl sites for hydroxylation is 3. The zero-order valence-electron chi connectivity index (χ0n) is 20.8. The fraction of sp³-hybridized carbons (Fsp3) is 0.286. The molecule has 0 radical (unpaired) electrons. The molecule has 0 spiro atoms. The van der Waals surface area contributed by atoms with Gasteiger partial charge in [0.15, 0.2) is 0 Å². The maximum Gasteiger partial charge on any atom is 0.264 e. The molecule has 8 heteroatoms. The van der Waals surface area contributed by atoms with Crippen molar-refractivity contribution in [3.05, 3.63) is 89.0 Å². The second kappa shape index (κ2) is 10.5. The van der Waals surface area contributed by atoms with Crippen LogP contribution in [0.2, 0.25) is 0 Å². The second-order valence-corrected chi connectivity index (χ2v) is 11.1. The quantitative estimate of drug-likeness (QED) is 0.496. The average molecular weight is 506 g/mol. The lowest BCUT2D eigenvalue weighted by molar-refractivity contribution is -0.120. The predicted octanol–water partition coefficient (Wildman–Crippen LogP) is 4.25. The molecule has 0 bridgehead atoms. The minimum absolute atomic E-state index is 0.0988. The number of amides is 2. The molecule has 7 nitrogen and oxygen atoms in total. The molecular weight excluding hydrogens is 474 g/mol. The zero-order chi connectivity index (χ0) is 25.9. The van der Waals surface area contributed by atoms with Gasteiger partial charge in [-0.15, -0.1) is 0 Å². The predicted molar refractivity (Wildman–Crippen MR) is 142 cm³/mol. The molecule has 1 aliphatic rings. The van der Waals surface area contributed by atoms with E-state index in [4.69, 9.17) is 0 Å². The van der Waals surface area contributed by atoms with E-state index >= 15 is 0 Å². The fourth-order valence-corrected chi connectivity index (χ4v) is 5.75. The highest BCUT2D eigenvalue weighted by Gasteiger charge is 2.28. The van der Waals surface area contributed by atoms with Crippen LogP contribution in [0.4, 0.5) is 11.4 Å². The molecule has 1 fully saturated rings. The van der Waals surface area contributed by atoms with Crippen molar-refractivity contribution in [2.75, 3.05) is 22.3 Å². The summed E-state index contributed by atoms with van der Waals surface area (Å²) < 4.78 is 28.5. The normalized spacial score (nSPS) is 13.6. The van der Waals surface area contributed by atoms with Gasteiger partial charge in [-0.25, -0.2) is 8.42 Å². The van der Waals surface area contributed by atoms with E-state index in [2.05, 4.69) is 5.32 Å². The molecule has 3 aromatic rings. The Balaban J connectivity index is 1.55. The van der Waals surface area contributed by atoms with E-state index in [0.717, 1.165) is 34.4 Å². The van der Waals surface area contributed by atoms with Crippen molar-refractivity contribution in [2.45, 2.75) is 45.1 Å². The van der Waals surface area contributed by atoms with Crippen LogP contribution in [-0.4, -0.2) is 33.3 Å². The third-order valence-electron chi connectivity index (χ3n) is 6.31.